The summed E-state index contributed by atoms with van der Waals surface area (Å²) in [5.41, 5.74) is 0.0404. The first-order valence-corrected chi connectivity index (χ1v) is 9.93. The summed E-state index contributed by atoms with van der Waals surface area (Å²) in [6.07, 6.45) is 1.82. The van der Waals surface area contributed by atoms with Crippen LogP contribution in [-0.2, 0) is 22.5 Å². The Labute approximate surface area is 183 Å². The Balaban J connectivity index is 1.28. The number of hydrogen-bond donors (Lipinski definition) is 1. The van der Waals surface area contributed by atoms with E-state index in [1.165, 1.54) is 12.1 Å². The van der Waals surface area contributed by atoms with Crippen molar-refractivity contribution < 1.29 is 23.0 Å². The Kier molecular flexibility index (Phi) is 6.14. The molecule has 0 unspecified atom stereocenters. The molecule has 2 aromatic carbocycles. The van der Waals surface area contributed by atoms with Gasteiger partial charge in [0.25, 0.3) is 0 Å². The zero-order valence-corrected chi connectivity index (χ0v) is 17.1. The number of halogens is 2. The number of amides is 1. The summed E-state index contributed by atoms with van der Waals surface area (Å²) in [4.78, 5) is 12.3. The molecular formula is C23H20F2N4O3. The molecule has 1 amide bonds. The van der Waals surface area contributed by atoms with Crippen LogP contribution in [0.15, 0.2) is 54.7 Å². The first-order valence-electron chi connectivity index (χ1n) is 9.93. The average Bonchev–Trinajstić information content (AvgIpc) is 3.19. The highest BCUT2D eigenvalue weighted by atomic mass is 19.1. The van der Waals surface area contributed by atoms with E-state index < -0.39 is 11.5 Å². The molecular weight excluding hydrogens is 418 g/mol. The second-order valence-electron chi connectivity index (χ2n) is 7.63. The van der Waals surface area contributed by atoms with E-state index in [9.17, 15) is 13.6 Å². The SMILES string of the molecule is N#Cc1cc(Cn2ccc(NC(=O)Cc3ccc(OCC4(F)COC4)cc3)n2)ccc1F. The lowest BCUT2D eigenvalue weighted by Crippen LogP contribution is -2.50. The molecule has 3 aromatic rings. The van der Waals surface area contributed by atoms with Crippen molar-refractivity contribution >= 4 is 11.7 Å². The molecule has 9 heteroatoms. The number of rotatable bonds is 8. The minimum absolute atomic E-state index is 0.0270. The lowest BCUT2D eigenvalue weighted by molar-refractivity contribution is -0.146. The van der Waals surface area contributed by atoms with Crippen molar-refractivity contribution in [3.05, 3.63) is 77.2 Å². The molecule has 1 N–H and O–H groups in total. The molecule has 1 aliphatic heterocycles. The molecule has 0 atom stereocenters. The number of nitrogens with zero attached hydrogens (tertiary/aromatic N) is 3. The van der Waals surface area contributed by atoms with Gasteiger partial charge in [0.2, 0.25) is 5.91 Å². The number of nitrogens with one attached hydrogen (secondary N) is 1. The molecule has 0 spiro atoms. The molecule has 1 saturated heterocycles. The number of hydrogen-bond acceptors (Lipinski definition) is 5. The normalized spacial score (nSPS) is 14.3. The highest BCUT2D eigenvalue weighted by Crippen LogP contribution is 2.23. The van der Waals surface area contributed by atoms with Gasteiger partial charge in [-0.2, -0.15) is 10.4 Å². The quantitative estimate of drug-likeness (QED) is 0.583. The van der Waals surface area contributed by atoms with Crippen LogP contribution in [0.25, 0.3) is 0 Å². The second-order valence-corrected chi connectivity index (χ2v) is 7.63. The number of nitriles is 1. The van der Waals surface area contributed by atoms with Crippen molar-refractivity contribution in [1.29, 1.82) is 5.26 Å². The summed E-state index contributed by atoms with van der Waals surface area (Å²) in [5.74, 6) is 0.0982. The maximum Gasteiger partial charge on any atom is 0.229 e. The first kappa shape index (κ1) is 21.5. The predicted octanol–water partition coefficient (Wildman–Crippen LogP) is 3.24. The van der Waals surface area contributed by atoms with Crippen LogP contribution in [0.3, 0.4) is 0 Å². The van der Waals surface area contributed by atoms with Crippen molar-refractivity contribution in [3.8, 4) is 11.8 Å². The Bertz CT molecular complexity index is 1150. The monoisotopic (exact) mass is 438 g/mol. The van der Waals surface area contributed by atoms with Gasteiger partial charge in [-0.1, -0.05) is 18.2 Å². The minimum Gasteiger partial charge on any atom is -0.490 e. The topological polar surface area (TPSA) is 89.2 Å². The molecule has 7 nitrogen and oxygen atoms in total. The van der Waals surface area contributed by atoms with Crippen molar-refractivity contribution in [2.24, 2.45) is 0 Å². The number of carbonyl (C=O) groups excluding carboxylic acids is 1. The van der Waals surface area contributed by atoms with E-state index >= 15 is 0 Å². The summed E-state index contributed by atoms with van der Waals surface area (Å²) in [5, 5.41) is 15.9. The van der Waals surface area contributed by atoms with Crippen LogP contribution in [0.5, 0.6) is 5.75 Å². The van der Waals surface area contributed by atoms with Gasteiger partial charge in [0.1, 0.15) is 24.2 Å². The summed E-state index contributed by atoms with van der Waals surface area (Å²) < 4.78 is 39.2. The summed E-state index contributed by atoms with van der Waals surface area (Å²) in [7, 11) is 0. The molecule has 32 heavy (non-hydrogen) atoms. The smallest absolute Gasteiger partial charge is 0.229 e. The molecule has 1 aromatic heterocycles. The Morgan fingerprint density at radius 1 is 1.22 bits per heavy atom. The van der Waals surface area contributed by atoms with Crippen LogP contribution < -0.4 is 10.1 Å². The molecule has 2 heterocycles. The fraction of sp³-hybridized carbons (Fsp3) is 0.261. The Morgan fingerprint density at radius 2 is 1.97 bits per heavy atom. The molecule has 164 valence electrons. The zero-order chi connectivity index (χ0) is 22.6. The zero-order valence-electron chi connectivity index (χ0n) is 17.1. The van der Waals surface area contributed by atoms with Crippen molar-refractivity contribution in [2.75, 3.05) is 25.1 Å². The lowest BCUT2D eigenvalue weighted by atomic mass is 10.1. The van der Waals surface area contributed by atoms with Gasteiger partial charge in [0.15, 0.2) is 11.5 Å². The van der Waals surface area contributed by atoms with Gasteiger partial charge >= 0.3 is 0 Å². The van der Waals surface area contributed by atoms with Crippen LogP contribution >= 0.6 is 0 Å². The number of anilines is 1. The summed E-state index contributed by atoms with van der Waals surface area (Å²) in [6.45, 7) is 0.363. The maximum atomic E-state index is 13.9. The Morgan fingerprint density at radius 3 is 2.66 bits per heavy atom. The summed E-state index contributed by atoms with van der Waals surface area (Å²) >= 11 is 0. The highest BCUT2D eigenvalue weighted by Gasteiger charge is 2.39. The van der Waals surface area contributed by atoms with E-state index in [-0.39, 0.29) is 37.7 Å². The van der Waals surface area contributed by atoms with Crippen LogP contribution in [-0.4, -0.2) is 41.2 Å². The van der Waals surface area contributed by atoms with Gasteiger partial charge < -0.3 is 14.8 Å². The minimum atomic E-state index is -1.42. The van der Waals surface area contributed by atoms with E-state index in [1.54, 1.807) is 53.3 Å². The van der Waals surface area contributed by atoms with Gasteiger partial charge in [-0.05, 0) is 35.4 Å². The number of benzene rings is 2. The number of ether oxygens (including phenoxy) is 2. The van der Waals surface area contributed by atoms with E-state index in [0.29, 0.717) is 18.1 Å². The van der Waals surface area contributed by atoms with Gasteiger partial charge in [0, 0.05) is 12.3 Å². The van der Waals surface area contributed by atoms with Crippen molar-refractivity contribution in [2.45, 2.75) is 18.6 Å². The Hall–Kier alpha value is -3.77. The molecule has 0 aliphatic carbocycles. The fourth-order valence-electron chi connectivity index (χ4n) is 3.16. The standard InChI is InChI=1S/C23H20F2N4O3/c24-20-6-3-17(9-18(20)11-26)12-29-8-7-21(28-29)27-22(30)10-16-1-4-19(5-2-16)32-15-23(25)13-31-14-23/h1-9H,10,12-15H2,(H,27,28,30). The molecule has 1 fully saturated rings. The predicted molar refractivity (Wildman–Crippen MR) is 111 cm³/mol. The van der Waals surface area contributed by atoms with E-state index in [4.69, 9.17) is 14.7 Å². The van der Waals surface area contributed by atoms with Gasteiger partial charge in [-0.25, -0.2) is 8.78 Å². The number of carbonyl (C=O) groups is 1. The van der Waals surface area contributed by atoms with Gasteiger partial charge in [-0.3, -0.25) is 9.48 Å². The molecule has 0 bridgehead atoms. The van der Waals surface area contributed by atoms with E-state index in [0.717, 1.165) is 11.1 Å². The number of alkyl halides is 1. The summed E-state index contributed by atoms with van der Waals surface area (Å²) in [6, 6.07) is 14.6. The molecule has 0 saturated carbocycles. The third-order valence-corrected chi connectivity index (χ3v) is 4.91. The van der Waals surface area contributed by atoms with Crippen LogP contribution in [0.2, 0.25) is 0 Å². The fourth-order valence-corrected chi connectivity index (χ4v) is 3.16. The van der Waals surface area contributed by atoms with Crippen LogP contribution in [0, 0.1) is 17.1 Å². The first-order chi connectivity index (χ1) is 15.4. The van der Waals surface area contributed by atoms with E-state index in [1.807, 2.05) is 0 Å². The maximum absolute atomic E-state index is 13.9. The van der Waals surface area contributed by atoms with Gasteiger partial charge in [0.05, 0.1) is 31.7 Å². The third-order valence-electron chi connectivity index (χ3n) is 4.91. The molecule has 0 radical (unpaired) electrons. The molecule has 1 aliphatic rings. The van der Waals surface area contributed by atoms with E-state index in [2.05, 4.69) is 10.4 Å². The van der Waals surface area contributed by atoms with Crippen LogP contribution in [0.4, 0.5) is 14.6 Å². The van der Waals surface area contributed by atoms with Gasteiger partial charge in [-0.15, -0.1) is 0 Å². The highest BCUT2D eigenvalue weighted by molar-refractivity contribution is 5.91. The molecule has 4 rings (SSSR count). The van der Waals surface area contributed by atoms with Crippen LogP contribution in [0.1, 0.15) is 16.7 Å². The number of aromatic nitrogens is 2. The largest absolute Gasteiger partial charge is 0.490 e. The lowest BCUT2D eigenvalue weighted by Gasteiger charge is -2.33. The average molecular weight is 438 g/mol. The second kappa shape index (κ2) is 9.16. The third kappa shape index (κ3) is 5.28. The van der Waals surface area contributed by atoms with Crippen molar-refractivity contribution in [3.63, 3.8) is 0 Å². The van der Waals surface area contributed by atoms with Crippen molar-refractivity contribution in [1.82, 2.24) is 9.78 Å².